The monoisotopic (exact) mass is 556 g/mol. The van der Waals surface area contributed by atoms with Crippen molar-refractivity contribution in [3.63, 3.8) is 0 Å². The van der Waals surface area contributed by atoms with Gasteiger partial charge in [0.15, 0.2) is 5.11 Å². The van der Waals surface area contributed by atoms with Crippen LogP contribution in [0, 0.1) is 0 Å². The molecule has 4 aromatic rings. The van der Waals surface area contributed by atoms with Crippen LogP contribution in [0.2, 0.25) is 0 Å². The molecule has 0 bridgehead atoms. The topological polar surface area (TPSA) is 106 Å². The average Bonchev–Trinajstić information content (AvgIpc) is 3.62. The van der Waals surface area contributed by atoms with Gasteiger partial charge in [-0.05, 0) is 54.7 Å². The molecule has 2 aromatic heterocycles. The van der Waals surface area contributed by atoms with E-state index in [4.69, 9.17) is 26.1 Å². The Morgan fingerprint density at radius 3 is 2.60 bits per heavy atom. The van der Waals surface area contributed by atoms with Gasteiger partial charge in [0.1, 0.15) is 23.3 Å². The third-order valence-corrected chi connectivity index (χ3v) is 6.99. The fourth-order valence-electron chi connectivity index (χ4n) is 4.74. The number of amides is 1. The van der Waals surface area contributed by atoms with E-state index in [0.717, 1.165) is 11.4 Å². The van der Waals surface area contributed by atoms with Gasteiger partial charge in [0.2, 0.25) is 5.91 Å². The molecule has 1 aliphatic heterocycles. The Bertz CT molecular complexity index is 1550. The molecule has 5 rings (SSSR count). The number of ether oxygens (including phenoxy) is 2. The predicted octanol–water partition coefficient (Wildman–Crippen LogP) is 5.66. The van der Waals surface area contributed by atoms with Crippen molar-refractivity contribution in [1.82, 2.24) is 10.3 Å². The second-order valence-corrected chi connectivity index (χ2v) is 9.41. The Labute approximate surface area is 237 Å². The molecular weight excluding hydrogens is 528 g/mol. The van der Waals surface area contributed by atoms with Gasteiger partial charge in [0.05, 0.1) is 37.2 Å². The maximum Gasteiger partial charge on any atom is 0.338 e. The van der Waals surface area contributed by atoms with E-state index < -0.39 is 12.0 Å². The molecule has 9 nitrogen and oxygen atoms in total. The normalized spacial score (nSPS) is 16.4. The number of furan rings is 1. The third-order valence-electron chi connectivity index (χ3n) is 6.67. The molecule has 40 heavy (non-hydrogen) atoms. The van der Waals surface area contributed by atoms with Crippen LogP contribution < -0.4 is 20.3 Å². The second-order valence-electron chi connectivity index (χ2n) is 9.02. The zero-order valence-electron chi connectivity index (χ0n) is 22.2. The molecule has 2 aromatic carbocycles. The minimum atomic E-state index is -0.451. The third kappa shape index (κ3) is 5.13. The van der Waals surface area contributed by atoms with Gasteiger partial charge in [-0.1, -0.05) is 31.2 Å². The summed E-state index contributed by atoms with van der Waals surface area (Å²) in [6.07, 6.45) is 2.08. The molecule has 1 saturated heterocycles. The van der Waals surface area contributed by atoms with Crippen molar-refractivity contribution in [1.29, 1.82) is 0 Å². The Morgan fingerprint density at radius 2 is 1.88 bits per heavy atom. The number of carbonyl (C=O) groups excluding carboxylic acids is 2. The summed E-state index contributed by atoms with van der Waals surface area (Å²) in [7, 11) is 2.90. The Balaban J connectivity index is 1.59. The van der Waals surface area contributed by atoms with E-state index in [9.17, 15) is 9.59 Å². The minimum Gasteiger partial charge on any atom is -0.494 e. The first-order valence-corrected chi connectivity index (χ1v) is 13.1. The summed E-state index contributed by atoms with van der Waals surface area (Å²) in [5.74, 6) is 1.05. The van der Waals surface area contributed by atoms with Gasteiger partial charge in [0.25, 0.3) is 0 Å². The van der Waals surface area contributed by atoms with Crippen molar-refractivity contribution in [2.75, 3.05) is 24.4 Å². The number of nitrogens with zero attached hydrogens (tertiary/aromatic N) is 2. The van der Waals surface area contributed by atoms with Crippen molar-refractivity contribution < 1.29 is 23.5 Å². The maximum atomic E-state index is 12.4. The molecule has 0 saturated carbocycles. The molecule has 2 N–H and O–H groups in total. The quantitative estimate of drug-likeness (QED) is 0.210. The summed E-state index contributed by atoms with van der Waals surface area (Å²) in [6.45, 7) is 1.79. The number of carbonyl (C=O) groups is 2. The van der Waals surface area contributed by atoms with Crippen LogP contribution in [0.1, 0.15) is 47.2 Å². The molecule has 1 amide bonds. The number of pyridine rings is 1. The lowest BCUT2D eigenvalue weighted by Crippen LogP contribution is -2.29. The molecule has 0 unspecified atom stereocenters. The standard InChI is InChI=1S/C30H28N4O5S/c1-4-26(35)32-21-13-12-18(17-25(21)37-2)34-28(27(33-30(34)40)22-11-7-8-16-31-22)24-15-14-23(39-24)19-9-5-6-10-20(19)29(36)38-3/h5-17,27-28H,4H2,1-3H3,(H,32,35)(H,33,40)/t27-,28-/m0/s1. The first-order valence-electron chi connectivity index (χ1n) is 12.7. The number of hydrogen-bond acceptors (Lipinski definition) is 7. The van der Waals surface area contributed by atoms with E-state index in [2.05, 4.69) is 15.6 Å². The molecule has 2 atom stereocenters. The van der Waals surface area contributed by atoms with E-state index in [1.807, 2.05) is 59.5 Å². The SMILES string of the molecule is CCC(=O)Nc1ccc(N2C(=S)N[C@@H](c3ccccn3)[C@@H]2c2ccc(-c3ccccc3C(=O)OC)o2)cc1OC. The van der Waals surface area contributed by atoms with Crippen molar-refractivity contribution in [3.05, 3.63) is 96.0 Å². The first kappa shape index (κ1) is 26.9. The lowest BCUT2D eigenvalue weighted by Gasteiger charge is -2.27. The number of aromatic nitrogens is 1. The Morgan fingerprint density at radius 1 is 1.07 bits per heavy atom. The van der Waals surface area contributed by atoms with Crippen molar-refractivity contribution in [3.8, 4) is 17.1 Å². The molecule has 0 spiro atoms. The number of hydrogen-bond donors (Lipinski definition) is 2. The summed E-state index contributed by atoms with van der Waals surface area (Å²) in [4.78, 5) is 31.0. The zero-order chi connectivity index (χ0) is 28.2. The molecule has 204 valence electrons. The first-order chi connectivity index (χ1) is 19.4. The van der Waals surface area contributed by atoms with Gasteiger partial charge >= 0.3 is 5.97 Å². The van der Waals surface area contributed by atoms with Crippen LogP contribution in [-0.4, -0.2) is 36.2 Å². The number of anilines is 2. The lowest BCUT2D eigenvalue weighted by molar-refractivity contribution is -0.115. The molecule has 10 heteroatoms. The van der Waals surface area contributed by atoms with E-state index in [-0.39, 0.29) is 11.9 Å². The number of rotatable bonds is 8. The molecule has 3 heterocycles. The number of benzene rings is 2. The largest absolute Gasteiger partial charge is 0.494 e. The lowest BCUT2D eigenvalue weighted by atomic mass is 10.0. The molecule has 1 aliphatic rings. The Kier molecular flexibility index (Phi) is 7.79. The van der Waals surface area contributed by atoms with Crippen LogP contribution in [0.4, 0.5) is 11.4 Å². The fourth-order valence-corrected chi connectivity index (χ4v) is 5.08. The maximum absolute atomic E-state index is 12.4. The van der Waals surface area contributed by atoms with Crippen LogP contribution in [0.5, 0.6) is 5.75 Å². The van der Waals surface area contributed by atoms with Gasteiger partial charge in [-0.3, -0.25) is 9.78 Å². The predicted molar refractivity (Wildman–Crippen MR) is 155 cm³/mol. The summed E-state index contributed by atoms with van der Waals surface area (Å²) < 4.78 is 17.0. The van der Waals surface area contributed by atoms with Gasteiger partial charge < -0.3 is 29.4 Å². The summed E-state index contributed by atoms with van der Waals surface area (Å²) >= 11 is 5.82. The van der Waals surface area contributed by atoms with E-state index in [1.54, 1.807) is 38.4 Å². The van der Waals surface area contributed by atoms with Crippen molar-refractivity contribution in [2.24, 2.45) is 0 Å². The highest BCUT2D eigenvalue weighted by Gasteiger charge is 2.43. The molecule has 1 fully saturated rings. The zero-order valence-corrected chi connectivity index (χ0v) is 23.0. The highest BCUT2D eigenvalue weighted by molar-refractivity contribution is 7.80. The summed E-state index contributed by atoms with van der Waals surface area (Å²) in [5.41, 5.74) is 3.10. The minimum absolute atomic E-state index is 0.118. The van der Waals surface area contributed by atoms with Gasteiger partial charge in [0, 0.05) is 29.9 Å². The molecular formula is C30H28N4O5S. The van der Waals surface area contributed by atoms with E-state index >= 15 is 0 Å². The number of esters is 1. The van der Waals surface area contributed by atoms with Gasteiger partial charge in [-0.2, -0.15) is 0 Å². The van der Waals surface area contributed by atoms with E-state index in [1.165, 1.54) is 7.11 Å². The summed E-state index contributed by atoms with van der Waals surface area (Å²) in [5, 5.41) is 6.73. The Hall–Kier alpha value is -4.70. The van der Waals surface area contributed by atoms with E-state index in [0.29, 0.717) is 45.6 Å². The fraction of sp³-hybridized carbons (Fsp3) is 0.200. The second kappa shape index (κ2) is 11.6. The smallest absolute Gasteiger partial charge is 0.338 e. The highest BCUT2D eigenvalue weighted by atomic mass is 32.1. The highest BCUT2D eigenvalue weighted by Crippen LogP contribution is 2.44. The van der Waals surface area contributed by atoms with Crippen LogP contribution in [0.25, 0.3) is 11.3 Å². The van der Waals surface area contributed by atoms with Crippen molar-refractivity contribution >= 4 is 40.6 Å². The molecule has 0 aliphatic carbocycles. The van der Waals surface area contributed by atoms with Crippen LogP contribution in [-0.2, 0) is 9.53 Å². The number of methoxy groups -OCH3 is 2. The van der Waals surface area contributed by atoms with Gasteiger partial charge in [-0.25, -0.2) is 4.79 Å². The molecule has 0 radical (unpaired) electrons. The van der Waals surface area contributed by atoms with Crippen LogP contribution in [0.3, 0.4) is 0 Å². The van der Waals surface area contributed by atoms with Crippen molar-refractivity contribution in [2.45, 2.75) is 25.4 Å². The number of nitrogens with one attached hydrogen (secondary N) is 2. The average molecular weight is 557 g/mol. The number of thiocarbonyl (C=S) groups is 1. The van der Waals surface area contributed by atoms with Gasteiger partial charge in [-0.15, -0.1) is 0 Å². The summed E-state index contributed by atoms with van der Waals surface area (Å²) in [6, 6.07) is 21.2. The van der Waals surface area contributed by atoms with Crippen LogP contribution in [0.15, 0.2) is 83.4 Å². The van der Waals surface area contributed by atoms with Crippen LogP contribution >= 0.6 is 12.2 Å².